The first-order valence-electron chi connectivity index (χ1n) is 11.5. The van der Waals surface area contributed by atoms with Gasteiger partial charge in [0.1, 0.15) is 10.9 Å². The van der Waals surface area contributed by atoms with E-state index >= 15 is 0 Å². The van der Waals surface area contributed by atoms with Crippen LogP contribution in [0.15, 0.2) is 45.8 Å². The zero-order valence-corrected chi connectivity index (χ0v) is 22.4. The zero-order valence-electron chi connectivity index (χ0n) is 19.2. The standard InChI is InChI=1S/C25H25BrN2O5S2/c1-2-32-21-13-17(14-22-24(29)27(25(34)35-22)18-6-4-3-5-7-18)12-20(26)23(21)33-15-16-8-10-19(11-9-16)28(30)31/h8-14,18H,2-7,15H2,1H3/b22-14-. The number of halogens is 1. The Kier molecular flexibility index (Phi) is 8.46. The van der Waals surface area contributed by atoms with Gasteiger partial charge in [-0.3, -0.25) is 19.8 Å². The van der Waals surface area contributed by atoms with Crippen molar-refractivity contribution in [3.63, 3.8) is 0 Å². The van der Waals surface area contributed by atoms with Crippen LogP contribution in [0.25, 0.3) is 6.08 Å². The number of carbonyl (C=O) groups excluding carboxylic acids is 1. The molecule has 2 aromatic rings. The van der Waals surface area contributed by atoms with Crippen molar-refractivity contribution in [2.45, 2.75) is 51.7 Å². The molecule has 0 radical (unpaired) electrons. The average Bonchev–Trinajstić information content (AvgIpc) is 3.12. The number of rotatable bonds is 8. The smallest absolute Gasteiger partial charge is 0.269 e. The van der Waals surface area contributed by atoms with Crippen molar-refractivity contribution in [2.75, 3.05) is 6.61 Å². The molecule has 1 heterocycles. The highest BCUT2D eigenvalue weighted by atomic mass is 79.9. The van der Waals surface area contributed by atoms with Crippen molar-refractivity contribution in [1.29, 1.82) is 0 Å². The SMILES string of the molecule is CCOc1cc(/C=C2\SC(=S)N(C3CCCCC3)C2=O)cc(Br)c1OCc1ccc([N+](=O)[O-])cc1. The molecule has 7 nitrogen and oxygen atoms in total. The van der Waals surface area contributed by atoms with E-state index in [9.17, 15) is 14.9 Å². The van der Waals surface area contributed by atoms with E-state index in [1.807, 2.05) is 25.1 Å². The summed E-state index contributed by atoms with van der Waals surface area (Å²) in [5.74, 6) is 1.04. The van der Waals surface area contributed by atoms with E-state index in [0.717, 1.165) is 36.8 Å². The van der Waals surface area contributed by atoms with E-state index in [4.69, 9.17) is 21.7 Å². The van der Waals surface area contributed by atoms with Gasteiger partial charge in [-0.25, -0.2) is 0 Å². The Balaban J connectivity index is 1.53. The zero-order chi connectivity index (χ0) is 24.9. The van der Waals surface area contributed by atoms with Crippen LogP contribution in [0.3, 0.4) is 0 Å². The summed E-state index contributed by atoms with van der Waals surface area (Å²) >= 11 is 10.5. The van der Waals surface area contributed by atoms with Crippen molar-refractivity contribution < 1.29 is 19.2 Å². The predicted molar refractivity (Wildman–Crippen MR) is 145 cm³/mol. The molecule has 1 amide bonds. The number of nitrogens with zero attached hydrogens (tertiary/aromatic N) is 2. The van der Waals surface area contributed by atoms with Crippen LogP contribution in [0.4, 0.5) is 5.69 Å². The molecule has 1 aliphatic heterocycles. The molecule has 0 atom stereocenters. The number of amides is 1. The van der Waals surface area contributed by atoms with Gasteiger partial charge in [0, 0.05) is 18.2 Å². The molecule has 1 saturated heterocycles. The molecule has 4 rings (SSSR count). The van der Waals surface area contributed by atoms with Gasteiger partial charge in [0.15, 0.2) is 11.5 Å². The molecule has 0 aromatic heterocycles. The number of benzene rings is 2. The number of ether oxygens (including phenoxy) is 2. The second kappa shape index (κ2) is 11.5. The molecule has 1 aliphatic carbocycles. The first-order valence-corrected chi connectivity index (χ1v) is 13.5. The fraction of sp³-hybridized carbons (Fsp3) is 0.360. The summed E-state index contributed by atoms with van der Waals surface area (Å²) < 4.78 is 13.1. The third kappa shape index (κ3) is 6.05. The summed E-state index contributed by atoms with van der Waals surface area (Å²) in [5, 5.41) is 10.9. The number of hydrogen-bond acceptors (Lipinski definition) is 7. The lowest BCUT2D eigenvalue weighted by Gasteiger charge is -2.29. The molecule has 2 aromatic carbocycles. The Morgan fingerprint density at radius 2 is 1.91 bits per heavy atom. The fourth-order valence-corrected chi connectivity index (χ4v) is 6.20. The molecule has 0 unspecified atom stereocenters. The number of nitro benzene ring substituents is 1. The second-order valence-electron chi connectivity index (χ2n) is 8.32. The van der Waals surface area contributed by atoms with E-state index in [2.05, 4.69) is 15.9 Å². The monoisotopic (exact) mass is 576 g/mol. The van der Waals surface area contributed by atoms with Gasteiger partial charge in [-0.2, -0.15) is 0 Å². The topological polar surface area (TPSA) is 81.9 Å². The summed E-state index contributed by atoms with van der Waals surface area (Å²) in [4.78, 5) is 26.0. The van der Waals surface area contributed by atoms with Gasteiger partial charge in [-0.1, -0.05) is 43.2 Å². The minimum Gasteiger partial charge on any atom is -0.490 e. The minimum absolute atomic E-state index is 0.0283. The third-order valence-corrected chi connectivity index (χ3v) is 7.84. The Labute approximate surface area is 222 Å². The van der Waals surface area contributed by atoms with Crippen LogP contribution in [-0.4, -0.2) is 32.7 Å². The van der Waals surface area contributed by atoms with Crippen LogP contribution in [0.5, 0.6) is 11.5 Å². The quantitative estimate of drug-likeness (QED) is 0.147. The summed E-state index contributed by atoms with van der Waals surface area (Å²) in [6, 6.07) is 10.1. The van der Waals surface area contributed by atoms with Crippen LogP contribution < -0.4 is 9.47 Å². The van der Waals surface area contributed by atoms with Crippen molar-refractivity contribution in [2.24, 2.45) is 0 Å². The van der Waals surface area contributed by atoms with Crippen LogP contribution in [-0.2, 0) is 11.4 Å². The molecule has 0 bridgehead atoms. The number of non-ortho nitro benzene ring substituents is 1. The maximum atomic E-state index is 13.1. The predicted octanol–water partition coefficient (Wildman–Crippen LogP) is 6.87. The third-order valence-electron chi connectivity index (χ3n) is 5.92. The average molecular weight is 578 g/mol. The number of nitro groups is 1. The second-order valence-corrected chi connectivity index (χ2v) is 10.8. The van der Waals surface area contributed by atoms with Crippen LogP contribution in [0.1, 0.15) is 50.2 Å². The van der Waals surface area contributed by atoms with Crippen molar-refractivity contribution in [1.82, 2.24) is 4.90 Å². The maximum Gasteiger partial charge on any atom is 0.269 e. The molecule has 2 aliphatic rings. The highest BCUT2D eigenvalue weighted by molar-refractivity contribution is 9.10. The van der Waals surface area contributed by atoms with Gasteiger partial charge in [0.25, 0.3) is 11.6 Å². The molecule has 0 spiro atoms. The minimum atomic E-state index is -0.434. The van der Waals surface area contributed by atoms with Gasteiger partial charge in [0.05, 0.1) is 20.9 Å². The first-order chi connectivity index (χ1) is 16.9. The van der Waals surface area contributed by atoms with Gasteiger partial charge >= 0.3 is 0 Å². The van der Waals surface area contributed by atoms with Crippen LogP contribution in [0, 0.1) is 10.1 Å². The molecule has 2 fully saturated rings. The number of carbonyl (C=O) groups is 1. The first kappa shape index (κ1) is 25.7. The van der Waals surface area contributed by atoms with Gasteiger partial charge in [-0.05, 0) is 77.2 Å². The number of hydrogen-bond donors (Lipinski definition) is 0. The molecular formula is C25H25BrN2O5S2. The lowest BCUT2D eigenvalue weighted by Crippen LogP contribution is -2.39. The van der Waals surface area contributed by atoms with Crippen molar-refractivity contribution >= 4 is 61.9 Å². The van der Waals surface area contributed by atoms with Crippen LogP contribution >= 0.6 is 39.9 Å². The Hall–Kier alpha value is -2.43. The van der Waals surface area contributed by atoms with Crippen molar-refractivity contribution in [3.05, 3.63) is 67.0 Å². The van der Waals surface area contributed by atoms with Gasteiger partial charge in [0.2, 0.25) is 0 Å². The molecule has 1 saturated carbocycles. The molecule has 0 N–H and O–H groups in total. The maximum absolute atomic E-state index is 13.1. The number of thioether (sulfide) groups is 1. The largest absolute Gasteiger partial charge is 0.490 e. The number of thiocarbonyl (C=S) groups is 1. The fourth-order valence-electron chi connectivity index (χ4n) is 4.23. The highest BCUT2D eigenvalue weighted by Crippen LogP contribution is 2.41. The lowest BCUT2D eigenvalue weighted by molar-refractivity contribution is -0.384. The van der Waals surface area contributed by atoms with Crippen LogP contribution in [0.2, 0.25) is 0 Å². The summed E-state index contributed by atoms with van der Waals surface area (Å²) in [7, 11) is 0. The van der Waals surface area contributed by atoms with E-state index in [1.54, 1.807) is 17.0 Å². The molecule has 10 heteroatoms. The Bertz CT molecular complexity index is 1160. The van der Waals surface area contributed by atoms with E-state index in [0.29, 0.717) is 31.8 Å². The lowest BCUT2D eigenvalue weighted by atomic mass is 9.94. The van der Waals surface area contributed by atoms with Crippen molar-refractivity contribution in [3.8, 4) is 11.5 Å². The molecule has 184 valence electrons. The Morgan fingerprint density at radius 3 is 2.57 bits per heavy atom. The van der Waals surface area contributed by atoms with Gasteiger partial charge in [-0.15, -0.1) is 0 Å². The van der Waals surface area contributed by atoms with Gasteiger partial charge < -0.3 is 9.47 Å². The highest BCUT2D eigenvalue weighted by Gasteiger charge is 2.37. The normalized spacial score (nSPS) is 17.8. The Morgan fingerprint density at radius 1 is 1.20 bits per heavy atom. The van der Waals surface area contributed by atoms with E-state index in [1.165, 1.54) is 30.3 Å². The van der Waals surface area contributed by atoms with E-state index in [-0.39, 0.29) is 24.2 Å². The molecule has 35 heavy (non-hydrogen) atoms. The summed E-state index contributed by atoms with van der Waals surface area (Å²) in [5.41, 5.74) is 1.62. The summed E-state index contributed by atoms with van der Waals surface area (Å²) in [6.45, 7) is 2.54. The molecular weight excluding hydrogens is 552 g/mol. The van der Waals surface area contributed by atoms with E-state index < -0.39 is 4.92 Å². The summed E-state index contributed by atoms with van der Waals surface area (Å²) in [6.07, 6.45) is 7.32.